The maximum absolute atomic E-state index is 3.63. The summed E-state index contributed by atoms with van der Waals surface area (Å²) in [4.78, 5) is 2.42. The molecule has 0 atom stereocenters. The van der Waals surface area contributed by atoms with Crippen molar-refractivity contribution in [3.8, 4) is 0 Å². The first-order valence-electron chi connectivity index (χ1n) is 7.94. The lowest BCUT2D eigenvalue weighted by Gasteiger charge is -2.27. The van der Waals surface area contributed by atoms with Crippen molar-refractivity contribution in [3.05, 3.63) is 59.7 Å². The van der Waals surface area contributed by atoms with Gasteiger partial charge in [0, 0.05) is 30.5 Å². The van der Waals surface area contributed by atoms with E-state index < -0.39 is 0 Å². The molecule has 0 radical (unpaired) electrons. The lowest BCUT2D eigenvalue weighted by molar-refractivity contribution is 0.687. The van der Waals surface area contributed by atoms with Crippen LogP contribution in [0.25, 0.3) is 0 Å². The van der Waals surface area contributed by atoms with E-state index >= 15 is 0 Å². The van der Waals surface area contributed by atoms with Crippen molar-refractivity contribution >= 4 is 11.4 Å². The third-order valence-corrected chi connectivity index (χ3v) is 4.16. The highest BCUT2D eigenvalue weighted by Gasteiger charge is 2.21. The fraction of sp³-hybridized carbons (Fsp3) is 0.368. The third-order valence-electron chi connectivity index (χ3n) is 4.16. The Morgan fingerprint density at radius 2 is 1.67 bits per heavy atom. The van der Waals surface area contributed by atoms with Crippen LogP contribution in [0, 0.1) is 6.92 Å². The Morgan fingerprint density at radius 3 is 2.33 bits per heavy atom. The topological polar surface area (TPSA) is 15.3 Å². The molecule has 0 aliphatic heterocycles. The van der Waals surface area contributed by atoms with Crippen LogP contribution >= 0.6 is 0 Å². The predicted octanol–water partition coefficient (Wildman–Crippen LogP) is 4.41. The molecule has 1 aliphatic rings. The fourth-order valence-corrected chi connectivity index (χ4v) is 2.80. The maximum atomic E-state index is 3.63. The lowest BCUT2D eigenvalue weighted by Crippen LogP contribution is -2.22. The Kier molecular flexibility index (Phi) is 4.26. The number of benzene rings is 2. The molecule has 2 aromatic rings. The summed E-state index contributed by atoms with van der Waals surface area (Å²) in [6.07, 6.45) is 2.66. The smallest absolute Gasteiger partial charge is 0.0456 e. The van der Waals surface area contributed by atoms with Crippen LogP contribution in [0.15, 0.2) is 48.5 Å². The minimum atomic E-state index is 0.742. The van der Waals surface area contributed by atoms with Crippen molar-refractivity contribution in [2.24, 2.45) is 0 Å². The van der Waals surface area contributed by atoms with Crippen molar-refractivity contribution < 1.29 is 0 Å². The molecule has 0 unspecified atom stereocenters. The molecular formula is C19H24N2. The average Bonchev–Trinajstić information content (AvgIpc) is 3.33. The van der Waals surface area contributed by atoms with Crippen LogP contribution in [0.2, 0.25) is 0 Å². The van der Waals surface area contributed by atoms with Gasteiger partial charge in [-0.15, -0.1) is 0 Å². The monoisotopic (exact) mass is 280 g/mol. The zero-order valence-electron chi connectivity index (χ0n) is 13.0. The summed E-state index contributed by atoms with van der Waals surface area (Å²) in [5, 5.41) is 3.63. The molecule has 2 heteroatoms. The van der Waals surface area contributed by atoms with Gasteiger partial charge in [-0.3, -0.25) is 0 Å². The number of aryl methyl sites for hydroxylation is 1. The van der Waals surface area contributed by atoms with Crippen molar-refractivity contribution in [2.75, 3.05) is 11.4 Å². The SMILES string of the molecule is CCN(c1ccccc1C)c1ccccc1CNC1CC1. The molecule has 1 saturated carbocycles. The molecule has 0 heterocycles. The van der Waals surface area contributed by atoms with E-state index in [-0.39, 0.29) is 0 Å². The van der Waals surface area contributed by atoms with Gasteiger partial charge in [-0.2, -0.15) is 0 Å². The van der Waals surface area contributed by atoms with Gasteiger partial charge in [-0.1, -0.05) is 36.4 Å². The number of hydrogen-bond acceptors (Lipinski definition) is 2. The summed E-state index contributed by atoms with van der Waals surface area (Å²) in [7, 11) is 0. The number of para-hydroxylation sites is 2. The molecule has 1 N–H and O–H groups in total. The Labute approximate surface area is 127 Å². The number of nitrogens with one attached hydrogen (secondary N) is 1. The second kappa shape index (κ2) is 6.31. The van der Waals surface area contributed by atoms with Gasteiger partial charge in [0.15, 0.2) is 0 Å². The Balaban J connectivity index is 1.91. The third kappa shape index (κ3) is 3.27. The summed E-state index contributed by atoms with van der Waals surface area (Å²) >= 11 is 0. The van der Waals surface area contributed by atoms with Gasteiger partial charge in [0.05, 0.1) is 0 Å². The van der Waals surface area contributed by atoms with E-state index in [9.17, 15) is 0 Å². The highest BCUT2D eigenvalue weighted by Crippen LogP contribution is 2.31. The van der Waals surface area contributed by atoms with Crippen LogP contribution in [0.4, 0.5) is 11.4 Å². The minimum absolute atomic E-state index is 0.742. The molecule has 0 spiro atoms. The molecule has 110 valence electrons. The van der Waals surface area contributed by atoms with Gasteiger partial charge in [-0.25, -0.2) is 0 Å². The molecule has 2 aromatic carbocycles. The van der Waals surface area contributed by atoms with Crippen molar-refractivity contribution in [1.82, 2.24) is 5.32 Å². The zero-order chi connectivity index (χ0) is 14.7. The first kappa shape index (κ1) is 14.2. The summed E-state index contributed by atoms with van der Waals surface area (Å²) in [6, 6.07) is 18.1. The van der Waals surface area contributed by atoms with E-state index in [2.05, 4.69) is 72.6 Å². The van der Waals surface area contributed by atoms with Gasteiger partial charge >= 0.3 is 0 Å². The lowest BCUT2D eigenvalue weighted by atomic mass is 10.1. The number of nitrogens with zero attached hydrogens (tertiary/aromatic N) is 1. The zero-order valence-corrected chi connectivity index (χ0v) is 13.0. The van der Waals surface area contributed by atoms with Gasteiger partial charge in [0.25, 0.3) is 0 Å². The van der Waals surface area contributed by atoms with Crippen molar-refractivity contribution in [3.63, 3.8) is 0 Å². The molecule has 3 rings (SSSR count). The molecule has 21 heavy (non-hydrogen) atoms. The molecule has 2 nitrogen and oxygen atoms in total. The van der Waals surface area contributed by atoms with Gasteiger partial charge in [-0.05, 0) is 49.9 Å². The first-order chi connectivity index (χ1) is 10.3. The highest BCUT2D eigenvalue weighted by atomic mass is 15.1. The van der Waals surface area contributed by atoms with Crippen molar-refractivity contribution in [2.45, 2.75) is 39.3 Å². The second-order valence-electron chi connectivity index (χ2n) is 5.81. The average molecular weight is 280 g/mol. The van der Waals surface area contributed by atoms with E-state index in [4.69, 9.17) is 0 Å². The number of anilines is 2. The molecule has 0 bridgehead atoms. The fourth-order valence-electron chi connectivity index (χ4n) is 2.80. The minimum Gasteiger partial charge on any atom is -0.341 e. The van der Waals surface area contributed by atoms with Crippen molar-refractivity contribution in [1.29, 1.82) is 0 Å². The van der Waals surface area contributed by atoms with E-state index in [0.717, 1.165) is 19.1 Å². The second-order valence-corrected chi connectivity index (χ2v) is 5.81. The number of hydrogen-bond donors (Lipinski definition) is 1. The molecule has 0 saturated heterocycles. The molecular weight excluding hydrogens is 256 g/mol. The summed E-state index contributed by atoms with van der Waals surface area (Å²) in [5.74, 6) is 0. The maximum Gasteiger partial charge on any atom is 0.0456 e. The van der Waals surface area contributed by atoms with Crippen LogP contribution < -0.4 is 10.2 Å². The number of rotatable bonds is 6. The Bertz CT molecular complexity index is 602. The highest BCUT2D eigenvalue weighted by molar-refractivity contribution is 5.68. The molecule has 1 aliphatic carbocycles. The van der Waals surface area contributed by atoms with Crippen LogP contribution in [0.1, 0.15) is 30.9 Å². The Morgan fingerprint density at radius 1 is 1.00 bits per heavy atom. The van der Waals surface area contributed by atoms with E-state index in [1.165, 1.54) is 35.3 Å². The summed E-state index contributed by atoms with van der Waals surface area (Å²) in [5.41, 5.74) is 5.33. The standard InChI is InChI=1S/C19H24N2/c1-3-21(18-10-6-4-8-15(18)2)19-11-7-5-9-16(19)14-20-17-12-13-17/h4-11,17,20H,3,12-14H2,1-2H3. The quantitative estimate of drug-likeness (QED) is 0.843. The predicted molar refractivity (Wildman–Crippen MR) is 90.2 cm³/mol. The van der Waals surface area contributed by atoms with Crippen LogP contribution in [0.5, 0.6) is 0 Å². The first-order valence-corrected chi connectivity index (χ1v) is 7.94. The summed E-state index contributed by atoms with van der Waals surface area (Å²) < 4.78 is 0. The van der Waals surface area contributed by atoms with E-state index in [1.54, 1.807) is 0 Å². The van der Waals surface area contributed by atoms with Crippen LogP contribution in [0.3, 0.4) is 0 Å². The van der Waals surface area contributed by atoms with Gasteiger partial charge < -0.3 is 10.2 Å². The van der Waals surface area contributed by atoms with E-state index in [1.807, 2.05) is 0 Å². The summed E-state index contributed by atoms with van der Waals surface area (Å²) in [6.45, 7) is 6.34. The van der Waals surface area contributed by atoms with Crippen LogP contribution in [-0.2, 0) is 6.54 Å². The van der Waals surface area contributed by atoms with E-state index in [0.29, 0.717) is 0 Å². The van der Waals surface area contributed by atoms with Gasteiger partial charge in [0.2, 0.25) is 0 Å². The normalized spacial score (nSPS) is 14.2. The molecule has 0 amide bonds. The molecule has 0 aromatic heterocycles. The van der Waals surface area contributed by atoms with Crippen LogP contribution in [-0.4, -0.2) is 12.6 Å². The largest absolute Gasteiger partial charge is 0.341 e. The van der Waals surface area contributed by atoms with Gasteiger partial charge in [0.1, 0.15) is 0 Å². The molecule has 1 fully saturated rings. The Hall–Kier alpha value is -1.80.